The number of hydrogen-bond donors (Lipinski definition) is 0. The molecule has 0 saturated heterocycles. The van der Waals surface area contributed by atoms with Crippen LogP contribution in [0.4, 0.5) is 11.4 Å². The molecule has 135 valence electrons. The second kappa shape index (κ2) is 6.35. The van der Waals surface area contributed by atoms with Crippen molar-refractivity contribution in [3.05, 3.63) is 109 Å². The third-order valence-electron chi connectivity index (χ3n) is 5.73. The van der Waals surface area contributed by atoms with Gasteiger partial charge in [0.1, 0.15) is 0 Å². The first kappa shape index (κ1) is 16.1. The van der Waals surface area contributed by atoms with Crippen molar-refractivity contribution in [2.45, 2.75) is 0 Å². The van der Waals surface area contributed by atoms with Crippen LogP contribution in [-0.2, 0) is 0 Å². The van der Waals surface area contributed by atoms with E-state index in [-0.39, 0.29) is 0 Å². The minimum atomic E-state index is 1.01. The molecule has 0 atom stereocenters. The first-order valence-corrected chi connectivity index (χ1v) is 9.91. The Balaban J connectivity index is 1.55. The first-order valence-electron chi connectivity index (χ1n) is 9.91. The molecule has 1 nitrogen and oxygen atoms in total. The summed E-state index contributed by atoms with van der Waals surface area (Å²) < 4.78 is 0. The fourth-order valence-electron chi connectivity index (χ4n) is 4.30. The molecule has 0 bridgehead atoms. The zero-order valence-corrected chi connectivity index (χ0v) is 15.8. The van der Waals surface area contributed by atoms with E-state index in [0.717, 1.165) is 11.4 Å². The summed E-state index contributed by atoms with van der Waals surface area (Å²) >= 11 is 0. The largest absolute Gasteiger partial charge is 0.248 e. The van der Waals surface area contributed by atoms with Crippen molar-refractivity contribution in [1.82, 2.24) is 5.32 Å². The number of rotatable bonds is 2. The van der Waals surface area contributed by atoms with Crippen molar-refractivity contribution in [3.8, 4) is 0 Å². The smallest absolute Gasteiger partial charge is 0.0715 e. The van der Waals surface area contributed by atoms with E-state index in [1.165, 1.54) is 43.1 Å². The van der Waals surface area contributed by atoms with Gasteiger partial charge < -0.3 is 0 Å². The van der Waals surface area contributed by atoms with E-state index in [4.69, 9.17) is 5.32 Å². The van der Waals surface area contributed by atoms with Crippen LogP contribution in [0.5, 0.6) is 0 Å². The van der Waals surface area contributed by atoms with Crippen molar-refractivity contribution in [1.29, 1.82) is 0 Å². The van der Waals surface area contributed by atoms with Gasteiger partial charge in [0.15, 0.2) is 0 Å². The molecule has 0 saturated carbocycles. The van der Waals surface area contributed by atoms with E-state index in [1.807, 2.05) is 0 Å². The molecule has 6 aromatic rings. The van der Waals surface area contributed by atoms with Crippen LogP contribution in [0.25, 0.3) is 43.1 Å². The van der Waals surface area contributed by atoms with E-state index in [1.54, 1.807) is 0 Å². The zero-order chi connectivity index (χ0) is 19.2. The highest BCUT2D eigenvalue weighted by Crippen LogP contribution is 2.35. The van der Waals surface area contributed by atoms with Gasteiger partial charge in [-0.1, -0.05) is 84.9 Å². The topological polar surface area (TPSA) is 14.1 Å². The Bertz CT molecular complexity index is 1510. The van der Waals surface area contributed by atoms with E-state index >= 15 is 0 Å². The normalized spacial score (nSPS) is 11.4. The Morgan fingerprint density at radius 1 is 0.345 bits per heavy atom. The van der Waals surface area contributed by atoms with Crippen molar-refractivity contribution < 1.29 is 0 Å². The predicted molar refractivity (Wildman–Crippen MR) is 124 cm³/mol. The Hall–Kier alpha value is -3.84. The molecule has 29 heavy (non-hydrogen) atoms. The summed E-state index contributed by atoms with van der Waals surface area (Å²) in [7, 11) is 0. The number of hydrogen-bond acceptors (Lipinski definition) is 0. The predicted octanol–water partition coefficient (Wildman–Crippen LogP) is 7.87. The molecule has 0 aromatic heterocycles. The molecule has 0 aliphatic rings. The lowest BCUT2D eigenvalue weighted by atomic mass is 10.00. The molecule has 6 rings (SSSR count). The highest BCUT2D eigenvalue weighted by atomic mass is 14.9. The van der Waals surface area contributed by atoms with Crippen LogP contribution in [-0.4, -0.2) is 0 Å². The third kappa shape index (κ3) is 2.63. The molecular weight excluding hydrogens is 350 g/mol. The van der Waals surface area contributed by atoms with Crippen molar-refractivity contribution in [2.75, 3.05) is 0 Å². The number of nitrogens with zero attached hydrogens (tertiary/aromatic N) is 1. The van der Waals surface area contributed by atoms with Crippen LogP contribution in [0.3, 0.4) is 0 Å². The molecule has 6 aromatic carbocycles. The second-order valence-corrected chi connectivity index (χ2v) is 7.47. The molecular formula is C28H18N. The lowest BCUT2D eigenvalue weighted by Gasteiger charge is -2.12. The maximum Gasteiger partial charge on any atom is 0.0715 e. The van der Waals surface area contributed by atoms with Crippen molar-refractivity contribution >= 4 is 54.5 Å². The molecule has 0 heterocycles. The lowest BCUT2D eigenvalue weighted by molar-refractivity contribution is 1.22. The van der Waals surface area contributed by atoms with E-state index in [2.05, 4.69) is 109 Å². The van der Waals surface area contributed by atoms with Crippen LogP contribution < -0.4 is 5.32 Å². The van der Waals surface area contributed by atoms with Gasteiger partial charge in [-0.3, -0.25) is 0 Å². The minimum absolute atomic E-state index is 1.01. The third-order valence-corrected chi connectivity index (χ3v) is 5.73. The molecule has 0 unspecified atom stereocenters. The Morgan fingerprint density at radius 3 is 1.83 bits per heavy atom. The quantitative estimate of drug-likeness (QED) is 0.218. The lowest BCUT2D eigenvalue weighted by Crippen LogP contribution is -1.92. The van der Waals surface area contributed by atoms with Crippen molar-refractivity contribution in [2.24, 2.45) is 0 Å². The molecule has 0 aliphatic carbocycles. The second-order valence-electron chi connectivity index (χ2n) is 7.47. The SMILES string of the molecule is c1ccc2cc3c([N]c4cccc5c4ccc4ccccc45)cccc3cc2c1. The maximum absolute atomic E-state index is 5.11. The Labute approximate surface area is 169 Å². The summed E-state index contributed by atoms with van der Waals surface area (Å²) in [6, 6.07) is 38.7. The highest BCUT2D eigenvalue weighted by Gasteiger charge is 2.09. The fourth-order valence-corrected chi connectivity index (χ4v) is 4.30. The summed E-state index contributed by atoms with van der Waals surface area (Å²) in [4.78, 5) is 0. The maximum atomic E-state index is 5.11. The van der Waals surface area contributed by atoms with Crippen molar-refractivity contribution in [3.63, 3.8) is 0 Å². The van der Waals surface area contributed by atoms with Gasteiger partial charge in [-0.25, -0.2) is 5.32 Å². The number of benzene rings is 6. The highest BCUT2D eigenvalue weighted by molar-refractivity contribution is 6.11. The summed E-state index contributed by atoms with van der Waals surface area (Å²) in [5.41, 5.74) is 2.02. The fraction of sp³-hybridized carbons (Fsp3) is 0. The average molecular weight is 368 g/mol. The van der Waals surface area contributed by atoms with E-state index < -0.39 is 0 Å². The van der Waals surface area contributed by atoms with Crippen LogP contribution in [0.2, 0.25) is 0 Å². The molecule has 0 amide bonds. The average Bonchev–Trinajstić information content (AvgIpc) is 2.78. The van der Waals surface area contributed by atoms with Crippen LogP contribution in [0.1, 0.15) is 0 Å². The van der Waals surface area contributed by atoms with Gasteiger partial charge in [-0.15, -0.1) is 0 Å². The van der Waals surface area contributed by atoms with Gasteiger partial charge in [0.25, 0.3) is 0 Å². The van der Waals surface area contributed by atoms with Gasteiger partial charge >= 0.3 is 0 Å². The summed E-state index contributed by atoms with van der Waals surface area (Å²) in [5, 5.41) is 15.0. The molecule has 0 spiro atoms. The van der Waals surface area contributed by atoms with Gasteiger partial charge in [0.05, 0.1) is 11.4 Å². The van der Waals surface area contributed by atoms with Crippen LogP contribution >= 0.6 is 0 Å². The summed E-state index contributed by atoms with van der Waals surface area (Å²) in [5.74, 6) is 0. The van der Waals surface area contributed by atoms with E-state index in [9.17, 15) is 0 Å². The minimum Gasteiger partial charge on any atom is -0.248 e. The molecule has 1 heteroatoms. The summed E-state index contributed by atoms with van der Waals surface area (Å²) in [6.07, 6.45) is 0. The monoisotopic (exact) mass is 368 g/mol. The van der Waals surface area contributed by atoms with Gasteiger partial charge in [0, 0.05) is 10.8 Å². The van der Waals surface area contributed by atoms with Crippen LogP contribution in [0.15, 0.2) is 109 Å². The Kier molecular flexibility index (Phi) is 3.54. The van der Waals surface area contributed by atoms with Crippen LogP contribution in [0, 0.1) is 0 Å². The Morgan fingerprint density at radius 2 is 0.966 bits per heavy atom. The van der Waals surface area contributed by atoms with Gasteiger partial charge in [-0.2, -0.15) is 0 Å². The molecule has 1 radical (unpaired) electrons. The van der Waals surface area contributed by atoms with Gasteiger partial charge in [0.2, 0.25) is 0 Å². The molecule has 0 aliphatic heterocycles. The molecule has 0 fully saturated rings. The first-order chi connectivity index (χ1) is 14.4. The summed E-state index contributed by atoms with van der Waals surface area (Å²) in [6.45, 7) is 0. The number of fused-ring (bicyclic) bond motifs is 5. The van der Waals surface area contributed by atoms with E-state index in [0.29, 0.717) is 0 Å². The standard InChI is InChI=1S/C28H18N/c1-2-9-21-18-26-22(17-20(21)8-1)10-5-13-28(26)29-27-14-6-12-24-23-11-4-3-7-19(23)15-16-25(24)27/h1-18H. The zero-order valence-electron chi connectivity index (χ0n) is 15.8. The van der Waals surface area contributed by atoms with Gasteiger partial charge in [-0.05, 0) is 56.6 Å². The molecule has 0 N–H and O–H groups in total.